The quantitative estimate of drug-likeness (QED) is 0.507. The Morgan fingerprint density at radius 2 is 2.23 bits per heavy atom. The summed E-state index contributed by atoms with van der Waals surface area (Å²) in [7, 11) is 0. The monoisotopic (exact) mass is 418 g/mol. The van der Waals surface area contributed by atoms with Gasteiger partial charge in [-0.2, -0.15) is 0 Å². The predicted octanol–water partition coefficient (Wildman–Crippen LogP) is 0.532. The van der Waals surface area contributed by atoms with Crippen molar-refractivity contribution in [2.24, 2.45) is 11.8 Å². The number of aromatic nitrogens is 4. The first-order chi connectivity index (χ1) is 15.2. The number of nitrogen functional groups attached to an aromatic ring is 1. The van der Waals surface area contributed by atoms with Gasteiger partial charge in [-0.3, -0.25) is 9.78 Å². The minimum atomic E-state index is 0.0928. The van der Waals surface area contributed by atoms with Crippen LogP contribution in [0.1, 0.15) is 18.4 Å². The Kier molecular flexibility index (Phi) is 5.38. The summed E-state index contributed by atoms with van der Waals surface area (Å²) in [5.41, 5.74) is 9.47. The number of pyridine rings is 1. The van der Waals surface area contributed by atoms with Gasteiger partial charge >= 0.3 is 0 Å². The number of nitrogens with two attached hydrogens (primary N) is 1. The summed E-state index contributed by atoms with van der Waals surface area (Å²) in [5.74, 6) is 0.706. The number of anilines is 1. The lowest BCUT2D eigenvalue weighted by Gasteiger charge is -2.46. The van der Waals surface area contributed by atoms with Gasteiger partial charge < -0.3 is 16.0 Å². The molecule has 3 fully saturated rings. The Morgan fingerprint density at radius 1 is 1.29 bits per heavy atom. The average molecular weight is 419 g/mol. The molecule has 0 radical (unpaired) electrons. The molecule has 6 rings (SSSR count). The van der Waals surface area contributed by atoms with Gasteiger partial charge in [0, 0.05) is 43.0 Å². The average Bonchev–Trinajstić information content (AvgIpc) is 3.27. The van der Waals surface area contributed by atoms with Crippen LogP contribution in [0, 0.1) is 11.8 Å². The Balaban J connectivity index is 1.19. The first-order valence-electron chi connectivity index (χ1n) is 10.9. The highest BCUT2D eigenvalue weighted by molar-refractivity contribution is 5.79. The lowest BCUT2D eigenvalue weighted by Crippen LogP contribution is -3.20. The van der Waals surface area contributed by atoms with E-state index < -0.39 is 0 Å². The minimum absolute atomic E-state index is 0.0928. The van der Waals surface area contributed by atoms with E-state index in [1.807, 2.05) is 47.3 Å². The number of nitrogens with zero attached hydrogens (tertiary/aromatic N) is 4. The maximum atomic E-state index is 12.8. The molecule has 3 aromatic rings. The number of rotatable bonds is 6. The van der Waals surface area contributed by atoms with Crippen molar-refractivity contribution in [1.82, 2.24) is 25.3 Å². The van der Waals surface area contributed by atoms with Crippen molar-refractivity contribution < 1.29 is 9.69 Å². The number of carbonyl (C=O) groups excluding carboxylic acids is 1. The minimum Gasteiger partial charge on any atom is -0.399 e. The molecule has 8 heteroatoms. The standard InChI is InChI=1S/C23H27N7O/c24-19-5-1-4-18(9-19)22-15-30(28-27-22)13-20-10-17-6-8-29(20)14-21(17)23(31)26-12-16-3-2-7-25-11-16/h1-5,7,9,11,15,17,20-21H,6,8,10,12-14,24H2,(H,26,31)/p+1/t17-,20+,21-/m0/s1. The van der Waals surface area contributed by atoms with Gasteiger partial charge in [-0.15, -0.1) is 5.10 Å². The number of piperidine rings is 3. The zero-order valence-electron chi connectivity index (χ0n) is 17.4. The number of quaternary nitrogens is 1. The summed E-state index contributed by atoms with van der Waals surface area (Å²) in [6.45, 7) is 3.38. The van der Waals surface area contributed by atoms with Crippen molar-refractivity contribution in [3.63, 3.8) is 0 Å². The number of hydrogen-bond acceptors (Lipinski definition) is 5. The SMILES string of the molecule is Nc1cccc(-c2cn(C[C@H]3C[C@@H]4CC[NH+]3C[C@@H]4C(=O)NCc3cccnc3)nn2)c1. The van der Waals surface area contributed by atoms with E-state index >= 15 is 0 Å². The summed E-state index contributed by atoms with van der Waals surface area (Å²) in [4.78, 5) is 18.4. The van der Waals surface area contributed by atoms with E-state index in [1.54, 1.807) is 12.4 Å². The van der Waals surface area contributed by atoms with Crippen LogP contribution in [0.15, 0.2) is 55.0 Å². The molecule has 2 aromatic heterocycles. The van der Waals surface area contributed by atoms with Crippen molar-refractivity contribution in [2.45, 2.75) is 32.0 Å². The molecule has 8 nitrogen and oxygen atoms in total. The molecular formula is C23H28N7O+. The second-order valence-corrected chi connectivity index (χ2v) is 8.73. The van der Waals surface area contributed by atoms with Crippen LogP contribution in [0.25, 0.3) is 11.3 Å². The van der Waals surface area contributed by atoms with Gasteiger partial charge in [0.05, 0.1) is 31.7 Å². The normalized spacial score (nSPS) is 24.8. The van der Waals surface area contributed by atoms with Gasteiger partial charge in [0.1, 0.15) is 11.7 Å². The van der Waals surface area contributed by atoms with Crippen LogP contribution < -0.4 is 16.0 Å². The number of amides is 1. The summed E-state index contributed by atoms with van der Waals surface area (Å²) in [5, 5.41) is 11.8. The first-order valence-corrected chi connectivity index (χ1v) is 10.9. The number of carbonyl (C=O) groups is 1. The third-order valence-corrected chi connectivity index (χ3v) is 6.71. The van der Waals surface area contributed by atoms with E-state index in [1.165, 1.54) is 4.90 Å². The summed E-state index contributed by atoms with van der Waals surface area (Å²) >= 11 is 0. The first kappa shape index (κ1) is 19.7. The number of fused-ring (bicyclic) bond motifs is 3. The topological polar surface area (TPSA) is 103 Å². The molecular weight excluding hydrogens is 390 g/mol. The fourth-order valence-corrected chi connectivity index (χ4v) is 5.09. The second-order valence-electron chi connectivity index (χ2n) is 8.73. The summed E-state index contributed by atoms with van der Waals surface area (Å²) in [6.07, 6.45) is 7.70. The van der Waals surface area contributed by atoms with Crippen LogP contribution in [-0.2, 0) is 17.9 Å². The third kappa shape index (κ3) is 4.29. The molecule has 0 saturated carbocycles. The van der Waals surface area contributed by atoms with E-state index in [2.05, 4.69) is 20.6 Å². The van der Waals surface area contributed by atoms with Crippen molar-refractivity contribution in [3.05, 3.63) is 60.6 Å². The van der Waals surface area contributed by atoms with Gasteiger partial charge in [-0.05, 0) is 29.7 Å². The predicted molar refractivity (Wildman–Crippen MR) is 117 cm³/mol. The highest BCUT2D eigenvalue weighted by Crippen LogP contribution is 2.28. The van der Waals surface area contributed by atoms with E-state index in [-0.39, 0.29) is 11.8 Å². The zero-order valence-corrected chi connectivity index (χ0v) is 17.4. The number of benzene rings is 1. The maximum Gasteiger partial charge on any atom is 0.229 e. The van der Waals surface area contributed by atoms with Crippen LogP contribution in [0.3, 0.4) is 0 Å². The molecule has 3 saturated heterocycles. The molecule has 1 unspecified atom stereocenters. The van der Waals surface area contributed by atoms with Crippen LogP contribution in [0.5, 0.6) is 0 Å². The van der Waals surface area contributed by atoms with Crippen molar-refractivity contribution in [2.75, 3.05) is 18.8 Å². The van der Waals surface area contributed by atoms with Crippen LogP contribution in [-0.4, -0.2) is 45.0 Å². The van der Waals surface area contributed by atoms with Crippen molar-refractivity contribution >= 4 is 11.6 Å². The van der Waals surface area contributed by atoms with Crippen LogP contribution in [0.4, 0.5) is 5.69 Å². The summed E-state index contributed by atoms with van der Waals surface area (Å²) in [6, 6.07) is 12.1. The van der Waals surface area contributed by atoms with E-state index in [0.717, 1.165) is 55.0 Å². The zero-order chi connectivity index (χ0) is 21.2. The van der Waals surface area contributed by atoms with Gasteiger partial charge in [0.15, 0.2) is 0 Å². The fourth-order valence-electron chi connectivity index (χ4n) is 5.09. The van der Waals surface area contributed by atoms with Gasteiger partial charge in [-0.25, -0.2) is 4.68 Å². The van der Waals surface area contributed by atoms with Crippen molar-refractivity contribution in [1.29, 1.82) is 0 Å². The molecule has 1 aromatic carbocycles. The molecule has 5 heterocycles. The van der Waals surface area contributed by atoms with E-state index in [0.29, 0.717) is 18.5 Å². The van der Waals surface area contributed by atoms with Crippen LogP contribution in [0.2, 0.25) is 0 Å². The molecule has 3 aliphatic heterocycles. The molecule has 1 amide bonds. The molecule has 31 heavy (non-hydrogen) atoms. The molecule has 0 aliphatic carbocycles. The molecule has 4 N–H and O–H groups in total. The number of hydrogen-bond donors (Lipinski definition) is 3. The molecule has 160 valence electrons. The summed E-state index contributed by atoms with van der Waals surface area (Å²) < 4.78 is 1.94. The maximum absolute atomic E-state index is 12.8. The fraction of sp³-hybridized carbons (Fsp3) is 0.391. The molecule has 3 aliphatic rings. The highest BCUT2D eigenvalue weighted by Gasteiger charge is 2.46. The Bertz CT molecular complexity index is 1050. The Hall–Kier alpha value is -3.26. The smallest absolute Gasteiger partial charge is 0.229 e. The Labute approximate surface area is 181 Å². The molecule has 0 spiro atoms. The van der Waals surface area contributed by atoms with E-state index in [4.69, 9.17) is 5.73 Å². The molecule has 4 atom stereocenters. The van der Waals surface area contributed by atoms with Gasteiger partial charge in [-0.1, -0.05) is 23.4 Å². The second kappa shape index (κ2) is 8.47. The Morgan fingerprint density at radius 3 is 3.00 bits per heavy atom. The molecule has 2 bridgehead atoms. The largest absolute Gasteiger partial charge is 0.399 e. The van der Waals surface area contributed by atoms with Gasteiger partial charge in [0.2, 0.25) is 5.91 Å². The lowest BCUT2D eigenvalue weighted by molar-refractivity contribution is -0.945. The van der Waals surface area contributed by atoms with Gasteiger partial charge in [0.25, 0.3) is 0 Å². The van der Waals surface area contributed by atoms with Crippen molar-refractivity contribution in [3.8, 4) is 11.3 Å². The highest BCUT2D eigenvalue weighted by atomic mass is 16.1. The lowest BCUT2D eigenvalue weighted by atomic mass is 9.75. The number of nitrogens with one attached hydrogen (secondary N) is 2. The third-order valence-electron chi connectivity index (χ3n) is 6.71. The van der Waals surface area contributed by atoms with E-state index in [9.17, 15) is 4.79 Å². The van der Waals surface area contributed by atoms with Crippen LogP contribution >= 0.6 is 0 Å².